The van der Waals surface area contributed by atoms with Crippen molar-refractivity contribution in [2.75, 3.05) is 19.6 Å². The summed E-state index contributed by atoms with van der Waals surface area (Å²) >= 11 is 0. The number of likely N-dealkylation sites (tertiary alicyclic amines) is 1. The minimum Gasteiger partial charge on any atom is -0.385 e. The van der Waals surface area contributed by atoms with E-state index in [4.69, 9.17) is 0 Å². The van der Waals surface area contributed by atoms with E-state index in [1.54, 1.807) is 6.92 Å². The normalized spacial score (nSPS) is 16.0. The van der Waals surface area contributed by atoms with Crippen LogP contribution in [-0.4, -0.2) is 48.9 Å². The number of hydrogen-bond acceptors (Lipinski definition) is 5. The van der Waals surface area contributed by atoms with Gasteiger partial charge in [0.2, 0.25) is 10.0 Å². The third kappa shape index (κ3) is 6.16. The predicted octanol–water partition coefficient (Wildman–Crippen LogP) is 4.50. The average Bonchev–Trinajstić information content (AvgIpc) is 2.92. The maximum absolute atomic E-state index is 14.3. The lowest BCUT2D eigenvalue weighted by atomic mass is 9.84. The molecule has 210 valence electrons. The number of pyridine rings is 1. The number of aromatic nitrogens is 1. The van der Waals surface area contributed by atoms with E-state index in [2.05, 4.69) is 16.3 Å². The van der Waals surface area contributed by atoms with Crippen LogP contribution in [-0.2, 0) is 20.4 Å². The Hall–Kier alpha value is -3.80. The second-order valence-electron chi connectivity index (χ2n) is 9.57. The summed E-state index contributed by atoms with van der Waals surface area (Å²) in [5, 5.41) is 11.1. The highest BCUT2D eigenvalue weighted by Gasteiger charge is 2.38. The number of amides is 1. The number of halogens is 3. The number of carbonyl (C=O) groups excluding carboxylic acids is 1. The summed E-state index contributed by atoms with van der Waals surface area (Å²) in [5.74, 6) is -3.15. The molecule has 0 radical (unpaired) electrons. The monoisotopic (exact) mass is 571 g/mol. The van der Waals surface area contributed by atoms with Gasteiger partial charge in [0.1, 0.15) is 10.7 Å². The van der Waals surface area contributed by atoms with Gasteiger partial charge in [-0.1, -0.05) is 36.4 Å². The molecule has 1 aromatic heterocycles. The number of sulfonamides is 1. The van der Waals surface area contributed by atoms with E-state index < -0.39 is 39.0 Å². The standard InChI is InChI=1S/C29H28F3N3O4S/c1-19(2)18-20(28(36)35-16-12-29(37,13-17-35)22-8-3-9-24(31)26(22)32)6-4-15-34-40(38,39)25-11-10-23(30)21-7-5-14-33-27(21)25/h3-11,14,18,34,37H,1,12-13,15-17H2,2H3/b6-4-,20-18+. The third-order valence-corrected chi connectivity index (χ3v) is 8.09. The van der Waals surface area contributed by atoms with Gasteiger partial charge in [-0.15, -0.1) is 0 Å². The molecule has 40 heavy (non-hydrogen) atoms. The quantitative estimate of drug-likeness (QED) is 0.307. The third-order valence-electron chi connectivity index (χ3n) is 6.64. The summed E-state index contributed by atoms with van der Waals surface area (Å²) in [6.07, 6.45) is 5.82. The van der Waals surface area contributed by atoms with E-state index >= 15 is 0 Å². The van der Waals surface area contributed by atoms with Gasteiger partial charge in [0.25, 0.3) is 5.91 Å². The molecule has 0 atom stereocenters. The Morgan fingerprint density at radius 3 is 2.55 bits per heavy atom. The minimum absolute atomic E-state index is 0.000189. The lowest BCUT2D eigenvalue weighted by Crippen LogP contribution is -2.46. The number of fused-ring (bicyclic) bond motifs is 1. The second-order valence-corrected chi connectivity index (χ2v) is 11.3. The molecule has 1 aliphatic heterocycles. The Balaban J connectivity index is 1.44. The fourth-order valence-corrected chi connectivity index (χ4v) is 5.73. The number of allylic oxidation sites excluding steroid dienone is 2. The molecule has 4 rings (SSSR count). The van der Waals surface area contributed by atoms with Gasteiger partial charge in [-0.05, 0) is 56.2 Å². The molecule has 1 saturated heterocycles. The van der Waals surface area contributed by atoms with Crippen LogP contribution in [0.4, 0.5) is 13.2 Å². The van der Waals surface area contributed by atoms with Gasteiger partial charge in [0, 0.05) is 42.4 Å². The first-order valence-corrected chi connectivity index (χ1v) is 13.9. The molecule has 0 bridgehead atoms. The van der Waals surface area contributed by atoms with Crippen LogP contribution >= 0.6 is 0 Å². The summed E-state index contributed by atoms with van der Waals surface area (Å²) in [7, 11) is -4.06. The van der Waals surface area contributed by atoms with Crippen molar-refractivity contribution in [3.63, 3.8) is 0 Å². The zero-order valence-electron chi connectivity index (χ0n) is 21.7. The molecule has 11 heteroatoms. The van der Waals surface area contributed by atoms with E-state index in [9.17, 15) is 31.5 Å². The van der Waals surface area contributed by atoms with E-state index in [0.29, 0.717) is 5.57 Å². The van der Waals surface area contributed by atoms with Crippen molar-refractivity contribution in [1.29, 1.82) is 0 Å². The molecule has 2 aromatic carbocycles. The van der Waals surface area contributed by atoms with E-state index in [0.717, 1.165) is 18.2 Å². The van der Waals surface area contributed by atoms with Crippen LogP contribution in [0.25, 0.3) is 10.9 Å². The summed E-state index contributed by atoms with van der Waals surface area (Å²) in [6.45, 7) is 5.49. The molecule has 0 saturated carbocycles. The Morgan fingerprint density at radius 1 is 1.12 bits per heavy atom. The highest BCUT2D eigenvalue weighted by Crippen LogP contribution is 2.35. The SMILES string of the molecule is C=C(C)/C=C(\C=C/CNS(=O)(=O)c1ccc(F)c2cccnc12)C(=O)N1CCC(O)(c2cccc(F)c2F)CC1. The number of piperidine rings is 1. The van der Waals surface area contributed by atoms with Crippen molar-refractivity contribution >= 4 is 26.8 Å². The number of nitrogens with zero attached hydrogens (tertiary/aromatic N) is 2. The Bertz CT molecular complexity index is 1630. The molecule has 2 N–H and O–H groups in total. The van der Waals surface area contributed by atoms with Crippen LogP contribution in [0.5, 0.6) is 0 Å². The molecule has 1 aliphatic rings. The van der Waals surface area contributed by atoms with Gasteiger partial charge in [-0.2, -0.15) is 0 Å². The predicted molar refractivity (Wildman–Crippen MR) is 145 cm³/mol. The van der Waals surface area contributed by atoms with Crippen molar-refractivity contribution in [1.82, 2.24) is 14.6 Å². The van der Waals surface area contributed by atoms with Crippen LogP contribution < -0.4 is 4.72 Å². The van der Waals surface area contributed by atoms with Crippen molar-refractivity contribution in [3.8, 4) is 0 Å². The Kier molecular flexibility index (Phi) is 8.57. The lowest BCUT2D eigenvalue weighted by molar-refractivity contribution is -0.131. The van der Waals surface area contributed by atoms with Crippen LogP contribution in [0, 0.1) is 17.5 Å². The Labute approximate surface area is 230 Å². The van der Waals surface area contributed by atoms with Crippen LogP contribution in [0.15, 0.2) is 89.5 Å². The fourth-order valence-electron chi connectivity index (χ4n) is 4.59. The summed E-state index contributed by atoms with van der Waals surface area (Å²) in [5.41, 5.74) is -0.959. The van der Waals surface area contributed by atoms with Crippen molar-refractivity contribution < 1.29 is 31.5 Å². The number of nitrogens with one attached hydrogen (secondary N) is 1. The summed E-state index contributed by atoms with van der Waals surface area (Å²) < 4.78 is 70.3. The molecule has 0 aliphatic carbocycles. The maximum Gasteiger partial charge on any atom is 0.253 e. The Morgan fingerprint density at radius 2 is 1.85 bits per heavy atom. The molecule has 2 heterocycles. The largest absolute Gasteiger partial charge is 0.385 e. The smallest absolute Gasteiger partial charge is 0.253 e. The van der Waals surface area contributed by atoms with E-state index in [-0.39, 0.29) is 59.4 Å². The van der Waals surface area contributed by atoms with E-state index in [1.165, 1.54) is 53.6 Å². The molecular weight excluding hydrogens is 543 g/mol. The van der Waals surface area contributed by atoms with Gasteiger partial charge in [-0.3, -0.25) is 9.78 Å². The van der Waals surface area contributed by atoms with Gasteiger partial charge < -0.3 is 10.0 Å². The van der Waals surface area contributed by atoms with Gasteiger partial charge in [0.15, 0.2) is 11.6 Å². The van der Waals surface area contributed by atoms with Gasteiger partial charge in [-0.25, -0.2) is 26.3 Å². The highest BCUT2D eigenvalue weighted by molar-refractivity contribution is 7.89. The molecular formula is C29H28F3N3O4S. The zero-order chi connectivity index (χ0) is 29.1. The zero-order valence-corrected chi connectivity index (χ0v) is 22.5. The highest BCUT2D eigenvalue weighted by atomic mass is 32.2. The molecule has 1 amide bonds. The number of carbonyl (C=O) groups is 1. The first kappa shape index (κ1) is 29.2. The van der Waals surface area contributed by atoms with Crippen molar-refractivity contribution in [2.24, 2.45) is 0 Å². The summed E-state index contributed by atoms with van der Waals surface area (Å²) in [6, 6.07) is 8.77. The molecule has 3 aromatic rings. The van der Waals surface area contributed by atoms with Crippen LogP contribution in [0.2, 0.25) is 0 Å². The van der Waals surface area contributed by atoms with Crippen molar-refractivity contribution in [2.45, 2.75) is 30.3 Å². The van der Waals surface area contributed by atoms with Crippen LogP contribution in [0.1, 0.15) is 25.3 Å². The van der Waals surface area contributed by atoms with Crippen molar-refractivity contribution in [3.05, 3.63) is 108 Å². The topological polar surface area (TPSA) is 99.6 Å². The lowest BCUT2D eigenvalue weighted by Gasteiger charge is -2.38. The first-order chi connectivity index (χ1) is 18.9. The van der Waals surface area contributed by atoms with Crippen LogP contribution in [0.3, 0.4) is 0 Å². The van der Waals surface area contributed by atoms with Gasteiger partial charge in [0.05, 0.1) is 11.1 Å². The second kappa shape index (κ2) is 11.7. The average molecular weight is 572 g/mol. The molecule has 0 unspecified atom stereocenters. The molecule has 0 spiro atoms. The van der Waals surface area contributed by atoms with Gasteiger partial charge >= 0.3 is 0 Å². The van der Waals surface area contributed by atoms with E-state index in [1.807, 2.05) is 0 Å². The summed E-state index contributed by atoms with van der Waals surface area (Å²) in [4.78, 5) is 18.6. The fraction of sp³-hybridized carbons (Fsp3) is 0.241. The number of rotatable bonds is 8. The first-order valence-electron chi connectivity index (χ1n) is 12.5. The number of aliphatic hydroxyl groups is 1. The number of hydrogen-bond donors (Lipinski definition) is 2. The molecule has 7 nitrogen and oxygen atoms in total. The molecule has 1 fully saturated rings. The minimum atomic E-state index is -4.06. The maximum atomic E-state index is 14.3. The number of benzene rings is 2.